The largest absolute Gasteiger partial charge is 0.315 e. The van der Waals surface area contributed by atoms with Crippen molar-refractivity contribution in [1.29, 1.82) is 0 Å². The van der Waals surface area contributed by atoms with Crippen LogP contribution in [0.25, 0.3) is 0 Å². The van der Waals surface area contributed by atoms with Crippen LogP contribution in [0.3, 0.4) is 0 Å². The lowest BCUT2D eigenvalue weighted by Crippen LogP contribution is -2.22. The van der Waals surface area contributed by atoms with Gasteiger partial charge < -0.3 is 10.2 Å². The summed E-state index contributed by atoms with van der Waals surface area (Å²) in [4.78, 5) is 5.27. The summed E-state index contributed by atoms with van der Waals surface area (Å²) in [7, 11) is 4.18. The van der Waals surface area contributed by atoms with Crippen molar-refractivity contribution in [2.75, 3.05) is 20.6 Å². The molecule has 0 spiro atoms. The Hall–Kier alpha value is -0.380. The molecular formula is C12H22N2S. The summed E-state index contributed by atoms with van der Waals surface area (Å²) in [5.74, 6) is 0.742. The van der Waals surface area contributed by atoms with E-state index in [4.69, 9.17) is 0 Å². The molecule has 0 saturated heterocycles. The van der Waals surface area contributed by atoms with Gasteiger partial charge in [0.05, 0.1) is 0 Å². The van der Waals surface area contributed by atoms with Crippen molar-refractivity contribution in [3.8, 4) is 0 Å². The molecule has 0 aliphatic rings. The van der Waals surface area contributed by atoms with E-state index in [0.29, 0.717) is 0 Å². The van der Waals surface area contributed by atoms with Crippen LogP contribution in [0, 0.1) is 5.92 Å². The average Bonchev–Trinajstić information content (AvgIpc) is 2.51. The summed E-state index contributed by atoms with van der Waals surface area (Å²) in [6.07, 6.45) is 0. The van der Waals surface area contributed by atoms with E-state index in [1.807, 2.05) is 18.4 Å². The Morgan fingerprint density at radius 3 is 2.60 bits per heavy atom. The van der Waals surface area contributed by atoms with Crippen LogP contribution in [0.4, 0.5) is 0 Å². The number of rotatable bonds is 6. The molecule has 1 N–H and O–H groups in total. The van der Waals surface area contributed by atoms with Gasteiger partial charge in [0.1, 0.15) is 0 Å². The fourth-order valence-electron chi connectivity index (χ4n) is 1.73. The van der Waals surface area contributed by atoms with Crippen molar-refractivity contribution < 1.29 is 0 Å². The fraction of sp³-hybridized carbons (Fsp3) is 0.667. The fourth-order valence-corrected chi connectivity index (χ4v) is 2.84. The van der Waals surface area contributed by atoms with E-state index in [9.17, 15) is 0 Å². The summed E-state index contributed by atoms with van der Waals surface area (Å²) in [5, 5.41) is 3.18. The Labute approximate surface area is 97.3 Å². The zero-order chi connectivity index (χ0) is 11.3. The summed E-state index contributed by atoms with van der Waals surface area (Å²) in [5.41, 5.74) is 0. The standard InChI is InChI=1S/C12H22N2S/c1-10(2)8-14(4)9-12-6-5-11(15-12)7-13-3/h5-6,10,13H,7-9H2,1-4H3. The van der Waals surface area contributed by atoms with E-state index in [1.165, 1.54) is 16.3 Å². The van der Waals surface area contributed by atoms with Gasteiger partial charge >= 0.3 is 0 Å². The molecule has 15 heavy (non-hydrogen) atoms. The highest BCUT2D eigenvalue weighted by molar-refractivity contribution is 7.11. The van der Waals surface area contributed by atoms with Gasteiger partial charge in [0.2, 0.25) is 0 Å². The molecule has 0 saturated carbocycles. The highest BCUT2D eigenvalue weighted by atomic mass is 32.1. The number of hydrogen-bond acceptors (Lipinski definition) is 3. The monoisotopic (exact) mass is 226 g/mol. The lowest BCUT2D eigenvalue weighted by Gasteiger charge is -2.17. The Balaban J connectivity index is 2.42. The summed E-state index contributed by atoms with van der Waals surface area (Å²) >= 11 is 1.91. The number of thiophene rings is 1. The van der Waals surface area contributed by atoms with Crippen LogP contribution < -0.4 is 5.32 Å². The van der Waals surface area contributed by atoms with Crippen LogP contribution in [-0.2, 0) is 13.1 Å². The van der Waals surface area contributed by atoms with Crippen molar-refractivity contribution in [3.05, 3.63) is 21.9 Å². The molecule has 3 heteroatoms. The quantitative estimate of drug-likeness (QED) is 0.802. The minimum atomic E-state index is 0.742. The van der Waals surface area contributed by atoms with E-state index < -0.39 is 0 Å². The molecule has 0 amide bonds. The van der Waals surface area contributed by atoms with E-state index >= 15 is 0 Å². The summed E-state index contributed by atoms with van der Waals surface area (Å²) in [6, 6.07) is 4.47. The lowest BCUT2D eigenvalue weighted by atomic mass is 10.2. The molecule has 0 bridgehead atoms. The molecule has 1 heterocycles. The van der Waals surface area contributed by atoms with Gasteiger partial charge in [-0.2, -0.15) is 0 Å². The normalized spacial score (nSPS) is 11.6. The zero-order valence-corrected chi connectivity index (χ0v) is 11.0. The van der Waals surface area contributed by atoms with Crippen molar-refractivity contribution in [2.45, 2.75) is 26.9 Å². The first-order valence-corrected chi connectivity index (χ1v) is 6.34. The minimum absolute atomic E-state index is 0.742. The second kappa shape index (κ2) is 6.26. The molecule has 0 aliphatic heterocycles. The molecule has 0 fully saturated rings. The van der Waals surface area contributed by atoms with E-state index in [1.54, 1.807) is 0 Å². The smallest absolute Gasteiger partial charge is 0.0325 e. The first kappa shape index (κ1) is 12.7. The summed E-state index contributed by atoms with van der Waals surface area (Å²) in [6.45, 7) is 7.75. The molecule has 1 rings (SSSR count). The van der Waals surface area contributed by atoms with Crippen LogP contribution in [0.1, 0.15) is 23.6 Å². The van der Waals surface area contributed by atoms with Crippen LogP contribution in [0.15, 0.2) is 12.1 Å². The van der Waals surface area contributed by atoms with E-state index in [-0.39, 0.29) is 0 Å². The molecule has 0 aliphatic carbocycles. The van der Waals surface area contributed by atoms with Gasteiger partial charge in [-0.3, -0.25) is 0 Å². The predicted octanol–water partition coefficient (Wildman–Crippen LogP) is 2.56. The highest BCUT2D eigenvalue weighted by Crippen LogP contribution is 2.18. The van der Waals surface area contributed by atoms with Crippen molar-refractivity contribution in [3.63, 3.8) is 0 Å². The van der Waals surface area contributed by atoms with Gasteiger partial charge in [-0.05, 0) is 32.1 Å². The molecule has 1 aromatic rings. The minimum Gasteiger partial charge on any atom is -0.315 e. The lowest BCUT2D eigenvalue weighted by molar-refractivity contribution is 0.291. The highest BCUT2D eigenvalue weighted by Gasteiger charge is 2.05. The molecular weight excluding hydrogens is 204 g/mol. The molecule has 0 unspecified atom stereocenters. The molecule has 2 nitrogen and oxygen atoms in total. The van der Waals surface area contributed by atoms with Gasteiger partial charge in [-0.1, -0.05) is 13.8 Å². The van der Waals surface area contributed by atoms with E-state index in [2.05, 4.69) is 43.2 Å². The average molecular weight is 226 g/mol. The van der Waals surface area contributed by atoms with Crippen molar-refractivity contribution in [2.24, 2.45) is 5.92 Å². The van der Waals surface area contributed by atoms with Gasteiger partial charge in [-0.15, -0.1) is 11.3 Å². The molecule has 0 aromatic carbocycles. The molecule has 86 valence electrons. The number of nitrogens with zero attached hydrogens (tertiary/aromatic N) is 1. The second-order valence-electron chi connectivity index (χ2n) is 4.49. The van der Waals surface area contributed by atoms with Crippen molar-refractivity contribution >= 4 is 11.3 Å². The maximum Gasteiger partial charge on any atom is 0.0325 e. The van der Waals surface area contributed by atoms with Crippen LogP contribution in [-0.4, -0.2) is 25.5 Å². The van der Waals surface area contributed by atoms with Crippen molar-refractivity contribution in [1.82, 2.24) is 10.2 Å². The third-order valence-electron chi connectivity index (χ3n) is 2.17. The topological polar surface area (TPSA) is 15.3 Å². The van der Waals surface area contributed by atoms with Gasteiger partial charge in [-0.25, -0.2) is 0 Å². The Morgan fingerprint density at radius 2 is 2.00 bits per heavy atom. The first-order chi connectivity index (χ1) is 7.11. The number of hydrogen-bond donors (Lipinski definition) is 1. The number of nitrogens with one attached hydrogen (secondary N) is 1. The third-order valence-corrected chi connectivity index (χ3v) is 3.24. The molecule has 0 radical (unpaired) electrons. The van der Waals surface area contributed by atoms with E-state index in [0.717, 1.165) is 19.0 Å². The Bertz CT molecular complexity index is 281. The van der Waals surface area contributed by atoms with Gasteiger partial charge in [0.25, 0.3) is 0 Å². The van der Waals surface area contributed by atoms with Crippen LogP contribution in [0.5, 0.6) is 0 Å². The molecule has 1 aromatic heterocycles. The Morgan fingerprint density at radius 1 is 1.33 bits per heavy atom. The van der Waals surface area contributed by atoms with Crippen LogP contribution >= 0.6 is 11.3 Å². The zero-order valence-electron chi connectivity index (χ0n) is 10.2. The summed E-state index contributed by atoms with van der Waals surface area (Å²) < 4.78 is 0. The maximum absolute atomic E-state index is 3.18. The van der Waals surface area contributed by atoms with Gasteiger partial charge in [0, 0.05) is 29.4 Å². The molecule has 0 atom stereocenters. The maximum atomic E-state index is 3.18. The van der Waals surface area contributed by atoms with Gasteiger partial charge in [0.15, 0.2) is 0 Å². The SMILES string of the molecule is CNCc1ccc(CN(C)CC(C)C)s1. The predicted molar refractivity (Wildman–Crippen MR) is 68.3 cm³/mol. The van der Waals surface area contributed by atoms with Crippen LogP contribution in [0.2, 0.25) is 0 Å². The Kier molecular flexibility index (Phi) is 5.29. The first-order valence-electron chi connectivity index (χ1n) is 5.52. The third kappa shape index (κ3) is 4.78. The second-order valence-corrected chi connectivity index (χ2v) is 5.74.